The van der Waals surface area contributed by atoms with Gasteiger partial charge in [0, 0.05) is 11.6 Å². The number of rotatable bonds is 2. The average molecular weight is 274 g/mol. The van der Waals surface area contributed by atoms with E-state index in [1.807, 2.05) is 49.4 Å². The Bertz CT molecular complexity index is 916. The van der Waals surface area contributed by atoms with Gasteiger partial charge in [-0.25, -0.2) is 0 Å². The van der Waals surface area contributed by atoms with Crippen LogP contribution >= 0.6 is 0 Å². The highest BCUT2D eigenvalue weighted by Gasteiger charge is 2.06. The number of fused-ring (bicyclic) bond motifs is 1. The molecule has 0 aliphatic heterocycles. The van der Waals surface area contributed by atoms with Crippen molar-refractivity contribution in [1.29, 1.82) is 5.26 Å². The monoisotopic (exact) mass is 274 g/mol. The molecule has 1 aromatic heterocycles. The summed E-state index contributed by atoms with van der Waals surface area (Å²) in [5.41, 5.74) is 2.57. The number of hydrogen-bond donors (Lipinski definition) is 0. The number of aryl methyl sites for hydroxylation is 1. The van der Waals surface area contributed by atoms with Crippen LogP contribution in [-0.2, 0) is 6.54 Å². The van der Waals surface area contributed by atoms with Crippen molar-refractivity contribution in [2.45, 2.75) is 13.5 Å². The smallest absolute Gasteiger partial charge is 0.258 e. The first kappa shape index (κ1) is 13.1. The molecule has 3 rings (SSSR count). The maximum absolute atomic E-state index is 12.5. The number of aromatic nitrogens is 1. The lowest BCUT2D eigenvalue weighted by Gasteiger charge is -2.09. The summed E-state index contributed by atoms with van der Waals surface area (Å²) in [6.07, 6.45) is 1.79. The first-order valence-corrected chi connectivity index (χ1v) is 6.77. The van der Waals surface area contributed by atoms with Gasteiger partial charge in [0.05, 0.1) is 18.2 Å². The third kappa shape index (κ3) is 2.44. The highest BCUT2D eigenvalue weighted by Crippen LogP contribution is 2.13. The highest BCUT2D eigenvalue weighted by molar-refractivity contribution is 5.82. The molecule has 0 N–H and O–H groups in total. The second-order valence-electron chi connectivity index (χ2n) is 5.11. The van der Waals surface area contributed by atoms with Crippen LogP contribution in [-0.4, -0.2) is 4.57 Å². The van der Waals surface area contributed by atoms with Crippen molar-refractivity contribution in [2.75, 3.05) is 0 Å². The molecule has 0 aliphatic rings. The zero-order chi connectivity index (χ0) is 14.8. The summed E-state index contributed by atoms with van der Waals surface area (Å²) in [7, 11) is 0. The molecule has 0 atom stereocenters. The Morgan fingerprint density at radius 2 is 1.95 bits per heavy atom. The standard InChI is InChI=1S/C18H14N2O/c1-13-6-7-17-14(10-13)8-9-20(18(17)21)12-16-5-3-2-4-15(16)11-19/h2-10H,12H2,1H3. The molecule has 0 bridgehead atoms. The molecule has 3 nitrogen and oxygen atoms in total. The molecule has 1 heterocycles. The molecular formula is C18H14N2O. The molecule has 21 heavy (non-hydrogen) atoms. The van der Waals surface area contributed by atoms with Crippen LogP contribution in [0.2, 0.25) is 0 Å². The Morgan fingerprint density at radius 3 is 2.76 bits per heavy atom. The fraction of sp³-hybridized carbons (Fsp3) is 0.111. The predicted octanol–water partition coefficient (Wildman–Crippen LogP) is 3.23. The second kappa shape index (κ2) is 5.26. The number of nitrogens with zero attached hydrogens (tertiary/aromatic N) is 2. The summed E-state index contributed by atoms with van der Waals surface area (Å²) in [6, 6.07) is 17.3. The second-order valence-corrected chi connectivity index (χ2v) is 5.11. The normalized spacial score (nSPS) is 10.5. The van der Waals surface area contributed by atoms with Gasteiger partial charge in [0.15, 0.2) is 0 Å². The summed E-state index contributed by atoms with van der Waals surface area (Å²) in [5.74, 6) is 0. The van der Waals surface area contributed by atoms with Crippen molar-refractivity contribution in [3.05, 3.63) is 81.8 Å². The molecule has 0 saturated carbocycles. The average Bonchev–Trinajstić information content (AvgIpc) is 2.50. The molecule has 3 heteroatoms. The maximum atomic E-state index is 12.5. The highest BCUT2D eigenvalue weighted by atomic mass is 16.1. The van der Waals surface area contributed by atoms with Gasteiger partial charge in [-0.1, -0.05) is 35.9 Å². The van der Waals surface area contributed by atoms with Gasteiger partial charge in [-0.05, 0) is 36.1 Å². The van der Waals surface area contributed by atoms with Gasteiger partial charge in [0.25, 0.3) is 5.56 Å². The van der Waals surface area contributed by atoms with Gasteiger partial charge in [-0.3, -0.25) is 4.79 Å². The SMILES string of the molecule is Cc1ccc2c(=O)n(Cc3ccccc3C#N)ccc2c1. The van der Waals surface area contributed by atoms with Crippen LogP contribution in [0.1, 0.15) is 16.7 Å². The molecule has 0 aliphatic carbocycles. The van der Waals surface area contributed by atoms with Crippen molar-refractivity contribution in [1.82, 2.24) is 4.57 Å². The van der Waals surface area contributed by atoms with Crippen LogP contribution in [0.3, 0.4) is 0 Å². The molecule has 0 spiro atoms. The molecule has 0 amide bonds. The Labute approximate surface area is 122 Å². The van der Waals surface area contributed by atoms with Crippen molar-refractivity contribution in [3.8, 4) is 6.07 Å². The summed E-state index contributed by atoms with van der Waals surface area (Å²) in [5, 5.41) is 10.8. The maximum Gasteiger partial charge on any atom is 0.258 e. The van der Waals surface area contributed by atoms with Crippen LogP contribution in [0.25, 0.3) is 10.8 Å². The Hall–Kier alpha value is -2.86. The lowest BCUT2D eigenvalue weighted by molar-refractivity contribution is 0.766. The largest absolute Gasteiger partial charge is 0.311 e. The molecule has 2 aromatic carbocycles. The van der Waals surface area contributed by atoms with Gasteiger partial charge < -0.3 is 4.57 Å². The van der Waals surface area contributed by atoms with Crippen molar-refractivity contribution >= 4 is 10.8 Å². The number of nitriles is 1. The molecule has 0 unspecified atom stereocenters. The molecular weight excluding hydrogens is 260 g/mol. The van der Waals surface area contributed by atoms with Gasteiger partial charge in [0.2, 0.25) is 0 Å². The van der Waals surface area contributed by atoms with E-state index in [2.05, 4.69) is 6.07 Å². The van der Waals surface area contributed by atoms with E-state index in [0.29, 0.717) is 17.5 Å². The minimum atomic E-state index is -0.0276. The zero-order valence-corrected chi connectivity index (χ0v) is 11.7. The van der Waals surface area contributed by atoms with E-state index in [4.69, 9.17) is 5.26 Å². The van der Waals surface area contributed by atoms with E-state index in [1.165, 1.54) is 0 Å². The molecule has 0 radical (unpaired) electrons. The first-order valence-electron chi connectivity index (χ1n) is 6.77. The van der Waals surface area contributed by atoms with E-state index < -0.39 is 0 Å². The summed E-state index contributed by atoms with van der Waals surface area (Å²) in [6.45, 7) is 2.42. The van der Waals surface area contributed by atoms with Crippen molar-refractivity contribution in [2.24, 2.45) is 0 Å². The Morgan fingerprint density at radius 1 is 1.14 bits per heavy atom. The van der Waals surface area contributed by atoms with E-state index in [-0.39, 0.29) is 5.56 Å². The topological polar surface area (TPSA) is 45.8 Å². The number of hydrogen-bond acceptors (Lipinski definition) is 2. The minimum Gasteiger partial charge on any atom is -0.311 e. The molecule has 102 valence electrons. The lowest BCUT2D eigenvalue weighted by Crippen LogP contribution is -2.20. The van der Waals surface area contributed by atoms with Crippen LogP contribution in [0.5, 0.6) is 0 Å². The van der Waals surface area contributed by atoms with E-state index in [9.17, 15) is 4.79 Å². The third-order valence-electron chi connectivity index (χ3n) is 3.61. The van der Waals surface area contributed by atoms with E-state index in [1.54, 1.807) is 16.8 Å². The Balaban J connectivity index is 2.10. The number of pyridine rings is 1. The van der Waals surface area contributed by atoms with Crippen LogP contribution in [0, 0.1) is 18.3 Å². The van der Waals surface area contributed by atoms with Gasteiger partial charge in [-0.15, -0.1) is 0 Å². The summed E-state index contributed by atoms with van der Waals surface area (Å²) >= 11 is 0. The van der Waals surface area contributed by atoms with Gasteiger partial charge in [-0.2, -0.15) is 5.26 Å². The van der Waals surface area contributed by atoms with E-state index >= 15 is 0 Å². The molecule has 3 aromatic rings. The molecule has 0 fully saturated rings. The third-order valence-corrected chi connectivity index (χ3v) is 3.61. The van der Waals surface area contributed by atoms with Crippen molar-refractivity contribution in [3.63, 3.8) is 0 Å². The van der Waals surface area contributed by atoms with Crippen LogP contribution in [0.4, 0.5) is 0 Å². The first-order chi connectivity index (χ1) is 10.2. The van der Waals surface area contributed by atoms with Gasteiger partial charge in [0.1, 0.15) is 0 Å². The number of benzene rings is 2. The van der Waals surface area contributed by atoms with Crippen molar-refractivity contribution < 1.29 is 0 Å². The van der Waals surface area contributed by atoms with E-state index in [0.717, 1.165) is 16.5 Å². The van der Waals surface area contributed by atoms with Gasteiger partial charge >= 0.3 is 0 Å². The van der Waals surface area contributed by atoms with Crippen LogP contribution in [0.15, 0.2) is 59.5 Å². The fourth-order valence-electron chi connectivity index (χ4n) is 2.48. The summed E-state index contributed by atoms with van der Waals surface area (Å²) in [4.78, 5) is 12.5. The fourth-order valence-corrected chi connectivity index (χ4v) is 2.48. The lowest BCUT2D eigenvalue weighted by atomic mass is 10.1. The summed E-state index contributed by atoms with van der Waals surface area (Å²) < 4.78 is 1.65. The van der Waals surface area contributed by atoms with Crippen LogP contribution < -0.4 is 5.56 Å². The minimum absolute atomic E-state index is 0.0276. The Kier molecular flexibility index (Phi) is 3.29. The quantitative estimate of drug-likeness (QED) is 0.720. The predicted molar refractivity (Wildman–Crippen MR) is 83.2 cm³/mol. The zero-order valence-electron chi connectivity index (χ0n) is 11.7. The molecule has 0 saturated heterocycles.